The Kier molecular flexibility index (Phi) is 4.75. The molecule has 0 unspecified atom stereocenters. The van der Waals surface area contributed by atoms with E-state index in [4.69, 9.17) is 16.0 Å². The Morgan fingerprint density at radius 2 is 2.18 bits per heavy atom. The van der Waals surface area contributed by atoms with Crippen molar-refractivity contribution in [1.29, 1.82) is 0 Å². The van der Waals surface area contributed by atoms with Crippen molar-refractivity contribution in [3.63, 3.8) is 0 Å². The van der Waals surface area contributed by atoms with E-state index in [0.29, 0.717) is 12.3 Å². The lowest BCUT2D eigenvalue weighted by molar-refractivity contribution is 0.0729. The lowest BCUT2D eigenvalue weighted by Crippen LogP contribution is -2.34. The van der Waals surface area contributed by atoms with E-state index in [1.54, 1.807) is 23.5 Å². The van der Waals surface area contributed by atoms with E-state index in [9.17, 15) is 4.79 Å². The fourth-order valence-electron chi connectivity index (χ4n) is 2.51. The molecular formula is C14H17ClN4O2S. The zero-order chi connectivity index (χ0) is 15.5. The van der Waals surface area contributed by atoms with Crippen LogP contribution in [0.15, 0.2) is 16.5 Å². The summed E-state index contributed by atoms with van der Waals surface area (Å²) in [6, 6.07) is 3.22. The number of aryl methyl sites for hydroxylation is 1. The summed E-state index contributed by atoms with van der Waals surface area (Å²) in [5.41, 5.74) is 0. The number of amides is 1. The van der Waals surface area contributed by atoms with Crippen molar-refractivity contribution in [2.75, 3.05) is 26.2 Å². The van der Waals surface area contributed by atoms with Crippen LogP contribution in [0.1, 0.15) is 27.0 Å². The van der Waals surface area contributed by atoms with Gasteiger partial charge in [-0.1, -0.05) is 0 Å². The van der Waals surface area contributed by atoms with Crippen molar-refractivity contribution in [2.45, 2.75) is 19.9 Å². The molecule has 0 atom stereocenters. The van der Waals surface area contributed by atoms with Gasteiger partial charge in [0.05, 0.1) is 6.54 Å². The van der Waals surface area contributed by atoms with Crippen molar-refractivity contribution in [2.24, 2.45) is 0 Å². The first-order valence-electron chi connectivity index (χ1n) is 7.18. The first kappa shape index (κ1) is 15.5. The van der Waals surface area contributed by atoms with Gasteiger partial charge in [-0.25, -0.2) is 0 Å². The first-order valence-corrected chi connectivity index (χ1v) is 8.37. The largest absolute Gasteiger partial charge is 0.440 e. The second-order valence-electron chi connectivity index (χ2n) is 5.24. The maximum Gasteiger partial charge on any atom is 0.289 e. The topological polar surface area (TPSA) is 62.5 Å². The molecule has 0 bridgehead atoms. The summed E-state index contributed by atoms with van der Waals surface area (Å²) in [4.78, 5) is 16.5. The highest BCUT2D eigenvalue weighted by Gasteiger charge is 2.23. The predicted octanol–water partition coefficient (Wildman–Crippen LogP) is 2.44. The van der Waals surface area contributed by atoms with Gasteiger partial charge in [0, 0.05) is 26.2 Å². The Hall–Kier alpha value is -1.44. The molecule has 0 aliphatic carbocycles. The molecule has 0 N–H and O–H groups in total. The molecule has 0 radical (unpaired) electrons. The van der Waals surface area contributed by atoms with Gasteiger partial charge >= 0.3 is 0 Å². The van der Waals surface area contributed by atoms with Crippen LogP contribution in [0.3, 0.4) is 0 Å². The van der Waals surface area contributed by atoms with Crippen LogP contribution in [0.5, 0.6) is 0 Å². The fraction of sp³-hybridized carbons (Fsp3) is 0.500. The van der Waals surface area contributed by atoms with Crippen LogP contribution in [0.25, 0.3) is 0 Å². The number of aromatic nitrogens is 2. The van der Waals surface area contributed by atoms with Crippen LogP contribution in [0.4, 0.5) is 0 Å². The monoisotopic (exact) mass is 340 g/mol. The SMILES string of the molecule is Cc1nnc(CN2CCCN(C(=O)c3ccc(Cl)o3)CC2)s1. The summed E-state index contributed by atoms with van der Waals surface area (Å²) in [5.74, 6) is 0.207. The average molecular weight is 341 g/mol. The van der Waals surface area contributed by atoms with Crippen LogP contribution < -0.4 is 0 Å². The maximum atomic E-state index is 12.4. The molecule has 8 heteroatoms. The van der Waals surface area contributed by atoms with E-state index in [0.717, 1.165) is 42.6 Å². The third-order valence-corrected chi connectivity index (χ3v) is 4.61. The van der Waals surface area contributed by atoms with Crippen molar-refractivity contribution in [3.05, 3.63) is 33.1 Å². The van der Waals surface area contributed by atoms with Gasteiger partial charge in [-0.05, 0) is 37.1 Å². The predicted molar refractivity (Wildman–Crippen MR) is 84.2 cm³/mol. The van der Waals surface area contributed by atoms with Gasteiger partial charge in [0.25, 0.3) is 5.91 Å². The summed E-state index contributed by atoms with van der Waals surface area (Å²) in [5, 5.41) is 10.5. The lowest BCUT2D eigenvalue weighted by atomic mass is 10.3. The molecule has 0 aromatic carbocycles. The molecule has 3 heterocycles. The van der Waals surface area contributed by atoms with Gasteiger partial charge in [0.2, 0.25) is 0 Å². The molecule has 0 saturated carbocycles. The summed E-state index contributed by atoms with van der Waals surface area (Å²) < 4.78 is 5.21. The van der Waals surface area contributed by atoms with Gasteiger partial charge in [0.15, 0.2) is 11.0 Å². The minimum absolute atomic E-state index is 0.0968. The van der Waals surface area contributed by atoms with E-state index in [1.807, 2.05) is 11.8 Å². The quantitative estimate of drug-likeness (QED) is 0.858. The summed E-state index contributed by atoms with van der Waals surface area (Å²) in [6.07, 6.45) is 0.929. The Morgan fingerprint density at radius 3 is 2.86 bits per heavy atom. The Balaban J connectivity index is 1.58. The van der Waals surface area contributed by atoms with Crippen LogP contribution in [0.2, 0.25) is 5.22 Å². The number of carbonyl (C=O) groups excluding carboxylic acids is 1. The summed E-state index contributed by atoms with van der Waals surface area (Å²) >= 11 is 7.35. The molecule has 1 saturated heterocycles. The molecule has 1 aliphatic rings. The summed E-state index contributed by atoms with van der Waals surface area (Å²) in [7, 11) is 0. The second kappa shape index (κ2) is 6.76. The molecule has 0 spiro atoms. The minimum Gasteiger partial charge on any atom is -0.440 e. The van der Waals surface area contributed by atoms with Gasteiger partial charge < -0.3 is 9.32 Å². The molecule has 3 rings (SSSR count). The van der Waals surface area contributed by atoms with Crippen molar-refractivity contribution >= 4 is 28.8 Å². The van der Waals surface area contributed by atoms with Crippen molar-refractivity contribution in [3.8, 4) is 0 Å². The maximum absolute atomic E-state index is 12.4. The smallest absolute Gasteiger partial charge is 0.289 e. The zero-order valence-electron chi connectivity index (χ0n) is 12.3. The third kappa shape index (κ3) is 3.66. The standard InChI is InChI=1S/C14H17ClN4O2S/c1-10-16-17-13(22-10)9-18-5-2-6-19(8-7-18)14(20)11-3-4-12(15)21-11/h3-4H,2,5-9H2,1H3. The van der Waals surface area contributed by atoms with Gasteiger partial charge in [0.1, 0.15) is 10.0 Å². The van der Waals surface area contributed by atoms with E-state index in [2.05, 4.69) is 15.1 Å². The van der Waals surface area contributed by atoms with E-state index in [-0.39, 0.29) is 11.1 Å². The van der Waals surface area contributed by atoms with Crippen LogP contribution in [-0.2, 0) is 6.54 Å². The molecule has 1 aliphatic heterocycles. The fourth-order valence-corrected chi connectivity index (χ4v) is 3.41. The number of furan rings is 1. The molecule has 2 aromatic heterocycles. The number of rotatable bonds is 3. The molecule has 2 aromatic rings. The molecule has 6 nitrogen and oxygen atoms in total. The van der Waals surface area contributed by atoms with E-state index < -0.39 is 0 Å². The van der Waals surface area contributed by atoms with Crippen LogP contribution >= 0.6 is 22.9 Å². The summed E-state index contributed by atoms with van der Waals surface area (Å²) in [6.45, 7) is 5.91. The lowest BCUT2D eigenvalue weighted by Gasteiger charge is -2.20. The molecular weight excluding hydrogens is 324 g/mol. The van der Waals surface area contributed by atoms with Crippen LogP contribution in [-0.4, -0.2) is 52.1 Å². The third-order valence-electron chi connectivity index (χ3n) is 3.59. The number of carbonyl (C=O) groups is 1. The molecule has 22 heavy (non-hydrogen) atoms. The van der Waals surface area contributed by atoms with E-state index >= 15 is 0 Å². The van der Waals surface area contributed by atoms with Gasteiger partial charge in [-0.3, -0.25) is 9.69 Å². The highest BCUT2D eigenvalue weighted by Crippen LogP contribution is 2.17. The van der Waals surface area contributed by atoms with Crippen molar-refractivity contribution in [1.82, 2.24) is 20.0 Å². The highest BCUT2D eigenvalue weighted by atomic mass is 35.5. The zero-order valence-corrected chi connectivity index (χ0v) is 13.9. The average Bonchev–Trinajstić information content (AvgIpc) is 3.02. The van der Waals surface area contributed by atoms with Gasteiger partial charge in [-0.2, -0.15) is 0 Å². The number of hydrogen-bond donors (Lipinski definition) is 0. The molecule has 1 fully saturated rings. The number of nitrogens with zero attached hydrogens (tertiary/aromatic N) is 4. The minimum atomic E-state index is -0.0968. The molecule has 1 amide bonds. The Morgan fingerprint density at radius 1 is 1.32 bits per heavy atom. The molecule has 118 valence electrons. The number of halogens is 1. The Bertz CT molecular complexity index is 657. The normalized spacial score (nSPS) is 16.7. The van der Waals surface area contributed by atoms with E-state index in [1.165, 1.54) is 0 Å². The highest BCUT2D eigenvalue weighted by molar-refractivity contribution is 7.11. The Labute approximate surface area is 137 Å². The first-order chi connectivity index (χ1) is 10.6. The second-order valence-corrected chi connectivity index (χ2v) is 6.88. The van der Waals surface area contributed by atoms with Gasteiger partial charge in [-0.15, -0.1) is 21.5 Å². The van der Waals surface area contributed by atoms with Crippen LogP contribution in [0, 0.1) is 6.92 Å². The van der Waals surface area contributed by atoms with Crippen molar-refractivity contribution < 1.29 is 9.21 Å². The number of hydrogen-bond acceptors (Lipinski definition) is 6.